The van der Waals surface area contributed by atoms with Crippen molar-refractivity contribution < 1.29 is 4.74 Å². The van der Waals surface area contributed by atoms with Crippen molar-refractivity contribution in [2.24, 2.45) is 0 Å². The number of pyridine rings is 1. The van der Waals surface area contributed by atoms with Gasteiger partial charge in [-0.2, -0.15) is 0 Å². The van der Waals surface area contributed by atoms with Gasteiger partial charge in [-0.3, -0.25) is 0 Å². The van der Waals surface area contributed by atoms with Crippen molar-refractivity contribution in [1.29, 1.82) is 0 Å². The van der Waals surface area contributed by atoms with Gasteiger partial charge < -0.3 is 9.64 Å². The van der Waals surface area contributed by atoms with Crippen molar-refractivity contribution in [1.82, 2.24) is 4.98 Å². The van der Waals surface area contributed by atoms with E-state index in [0.29, 0.717) is 11.2 Å². The van der Waals surface area contributed by atoms with Crippen LogP contribution in [0.15, 0.2) is 12.3 Å². The number of nitrogens with zero attached hydrogens (tertiary/aromatic N) is 2. The van der Waals surface area contributed by atoms with Crippen LogP contribution in [0.4, 0.5) is 5.69 Å². The molecule has 1 aliphatic heterocycles. The Balaban J connectivity index is 2.48. The van der Waals surface area contributed by atoms with Gasteiger partial charge in [0.2, 0.25) is 0 Å². The van der Waals surface area contributed by atoms with Gasteiger partial charge in [-0.15, -0.1) is 0 Å². The van der Waals surface area contributed by atoms with Gasteiger partial charge in [0.05, 0.1) is 13.4 Å². The molecule has 0 saturated heterocycles. The average Bonchev–Trinajstić information content (AvgIpc) is 2.47. The normalized spacial score (nSPS) is 16.3. The van der Waals surface area contributed by atoms with Crippen LogP contribution in [-0.2, 0) is 4.74 Å². The molecule has 0 radical (unpaired) electrons. The topological polar surface area (TPSA) is 25.4 Å². The summed E-state index contributed by atoms with van der Waals surface area (Å²) in [4.78, 5) is 6.99. The smallest absolute Gasteiger partial charge is 0.139 e. The highest BCUT2D eigenvalue weighted by atomic mass is 35.5. The summed E-state index contributed by atoms with van der Waals surface area (Å²) in [5.41, 5.74) is 4.40. The molecule has 4 heteroatoms. The molecular weight excluding hydrogens is 296 g/mol. The Morgan fingerprint density at radius 3 is 2.64 bits per heavy atom. The summed E-state index contributed by atoms with van der Waals surface area (Å²) < 4.78 is 5.25. The van der Waals surface area contributed by atoms with E-state index < -0.39 is 0 Å². The fraction of sp³-hybridized carbons (Fsp3) is 0.611. The highest BCUT2D eigenvalue weighted by Gasteiger charge is 2.28. The quantitative estimate of drug-likeness (QED) is 0.531. The highest BCUT2D eigenvalue weighted by Crippen LogP contribution is 2.40. The Bertz CT molecular complexity index is 536. The first-order valence-electron chi connectivity index (χ1n) is 8.28. The van der Waals surface area contributed by atoms with Crippen LogP contribution in [0, 0.1) is 6.92 Å². The Hall–Kier alpha value is -1.22. The molecule has 1 aromatic rings. The van der Waals surface area contributed by atoms with E-state index in [0.717, 1.165) is 29.8 Å². The number of aromatic nitrogens is 1. The lowest BCUT2D eigenvalue weighted by Crippen LogP contribution is -2.39. The lowest BCUT2D eigenvalue weighted by atomic mass is 9.94. The molecule has 1 aromatic heterocycles. The molecule has 0 aliphatic carbocycles. The molecule has 3 nitrogen and oxygen atoms in total. The minimum atomic E-state index is 0.579. The summed E-state index contributed by atoms with van der Waals surface area (Å²) in [7, 11) is 1.69. The third-order valence-electron chi connectivity index (χ3n) is 4.28. The minimum absolute atomic E-state index is 0.579. The molecule has 2 rings (SSSR count). The first-order valence-corrected chi connectivity index (χ1v) is 8.66. The van der Waals surface area contributed by atoms with Crippen molar-refractivity contribution in [3.63, 3.8) is 0 Å². The van der Waals surface area contributed by atoms with Gasteiger partial charge in [-0.1, -0.05) is 38.3 Å². The van der Waals surface area contributed by atoms with Gasteiger partial charge in [0.1, 0.15) is 5.15 Å². The minimum Gasteiger partial charge on any atom is -0.504 e. The maximum atomic E-state index is 6.47. The molecule has 1 aliphatic rings. The Morgan fingerprint density at radius 1 is 1.36 bits per heavy atom. The van der Waals surface area contributed by atoms with Gasteiger partial charge >= 0.3 is 0 Å². The van der Waals surface area contributed by atoms with Crippen LogP contribution in [0.3, 0.4) is 0 Å². The largest absolute Gasteiger partial charge is 0.504 e. The first-order chi connectivity index (χ1) is 10.6. The van der Waals surface area contributed by atoms with E-state index in [1.165, 1.54) is 31.4 Å². The molecule has 0 spiro atoms. The zero-order chi connectivity index (χ0) is 16.1. The summed E-state index contributed by atoms with van der Waals surface area (Å²) in [5, 5.41) is 0.592. The number of hydrogen-bond donors (Lipinski definition) is 0. The molecule has 0 amide bonds. The zero-order valence-corrected chi connectivity index (χ0v) is 14.9. The predicted octanol–water partition coefficient (Wildman–Crippen LogP) is 5.21. The molecule has 122 valence electrons. The van der Waals surface area contributed by atoms with Gasteiger partial charge in [-0.25, -0.2) is 4.98 Å². The van der Waals surface area contributed by atoms with E-state index >= 15 is 0 Å². The maximum absolute atomic E-state index is 6.47. The molecule has 0 atom stereocenters. The molecule has 0 fully saturated rings. The van der Waals surface area contributed by atoms with Crippen LogP contribution in [0.2, 0.25) is 5.15 Å². The summed E-state index contributed by atoms with van der Waals surface area (Å²) in [6.07, 6.45) is 7.61. The highest BCUT2D eigenvalue weighted by molar-refractivity contribution is 6.31. The number of rotatable bonds is 6. The second kappa shape index (κ2) is 7.87. The van der Waals surface area contributed by atoms with Crippen LogP contribution in [0.5, 0.6) is 0 Å². The van der Waals surface area contributed by atoms with Crippen molar-refractivity contribution in [2.75, 3.05) is 18.6 Å². The van der Waals surface area contributed by atoms with Crippen molar-refractivity contribution in [3.8, 4) is 0 Å². The van der Waals surface area contributed by atoms with Gasteiger partial charge in [0.15, 0.2) is 0 Å². The molecule has 0 bridgehead atoms. The Morgan fingerprint density at radius 2 is 2.05 bits per heavy atom. The van der Waals surface area contributed by atoms with E-state index in [-0.39, 0.29) is 0 Å². The fourth-order valence-electron chi connectivity index (χ4n) is 3.39. The SMILES string of the molecule is CCCC(CCC)N1CCC(=COC)c2c1cc(C)nc2Cl. The lowest BCUT2D eigenvalue weighted by Gasteiger charge is -2.39. The molecular formula is C18H27ClN2O. The van der Waals surface area contributed by atoms with Crippen molar-refractivity contribution in [2.45, 2.75) is 58.9 Å². The molecule has 22 heavy (non-hydrogen) atoms. The molecule has 0 saturated carbocycles. The second-order valence-electron chi connectivity index (χ2n) is 6.00. The number of hydrogen-bond acceptors (Lipinski definition) is 3. The lowest BCUT2D eigenvalue weighted by molar-refractivity contribution is 0.338. The van der Waals surface area contributed by atoms with E-state index in [4.69, 9.17) is 16.3 Å². The number of fused-ring (bicyclic) bond motifs is 1. The van der Waals surface area contributed by atoms with Crippen LogP contribution in [0.1, 0.15) is 57.2 Å². The van der Waals surface area contributed by atoms with Crippen LogP contribution >= 0.6 is 11.6 Å². The number of methoxy groups -OCH3 is 1. The standard InChI is InChI=1S/C18H27ClN2O/c1-5-7-15(8-6-2)21-10-9-14(12-22-4)17-16(21)11-13(3)20-18(17)19/h11-12,15H,5-10H2,1-4H3. The van der Waals surface area contributed by atoms with Gasteiger partial charge in [0, 0.05) is 35.1 Å². The third-order valence-corrected chi connectivity index (χ3v) is 4.55. The first kappa shape index (κ1) is 17.1. The van der Waals surface area contributed by atoms with E-state index in [2.05, 4.69) is 29.8 Å². The molecule has 0 unspecified atom stereocenters. The van der Waals surface area contributed by atoms with E-state index in [9.17, 15) is 0 Å². The maximum Gasteiger partial charge on any atom is 0.139 e. The summed E-state index contributed by atoms with van der Waals surface area (Å²) >= 11 is 6.47. The van der Waals surface area contributed by atoms with E-state index in [1.54, 1.807) is 7.11 Å². The van der Waals surface area contributed by atoms with Gasteiger partial charge in [0.25, 0.3) is 0 Å². The number of halogens is 1. The van der Waals surface area contributed by atoms with Crippen LogP contribution in [-0.4, -0.2) is 24.7 Å². The fourth-order valence-corrected chi connectivity index (χ4v) is 3.74. The van der Waals surface area contributed by atoms with E-state index in [1.807, 2.05) is 13.2 Å². The van der Waals surface area contributed by atoms with Gasteiger partial charge in [-0.05, 0) is 32.3 Å². The third kappa shape index (κ3) is 3.57. The van der Waals surface area contributed by atoms with Crippen molar-refractivity contribution in [3.05, 3.63) is 28.7 Å². The summed E-state index contributed by atoms with van der Waals surface area (Å²) in [5.74, 6) is 0. The Kier molecular flexibility index (Phi) is 6.13. The zero-order valence-electron chi connectivity index (χ0n) is 14.2. The number of ether oxygens (including phenoxy) is 1. The summed E-state index contributed by atoms with van der Waals surface area (Å²) in [6, 6.07) is 2.75. The second-order valence-corrected chi connectivity index (χ2v) is 6.36. The van der Waals surface area contributed by atoms with Crippen molar-refractivity contribution >= 4 is 22.9 Å². The van der Waals surface area contributed by atoms with Crippen LogP contribution in [0.25, 0.3) is 5.57 Å². The monoisotopic (exact) mass is 322 g/mol. The number of aryl methyl sites for hydroxylation is 1. The molecule has 0 N–H and O–H groups in total. The summed E-state index contributed by atoms with van der Waals surface area (Å²) in [6.45, 7) is 7.54. The predicted molar refractivity (Wildman–Crippen MR) is 94.5 cm³/mol. The van der Waals surface area contributed by atoms with Crippen LogP contribution < -0.4 is 4.90 Å². The average molecular weight is 323 g/mol. The Labute approximate surface area is 139 Å². The molecule has 2 heterocycles. The molecule has 0 aromatic carbocycles. The number of anilines is 1.